The zero-order chi connectivity index (χ0) is 58.9. The van der Waals surface area contributed by atoms with Crippen LogP contribution in [0.4, 0.5) is 82.3 Å². The molecule has 0 atom stereocenters. The minimum absolute atomic E-state index is 0. The van der Waals surface area contributed by atoms with Gasteiger partial charge in [0, 0.05) is 132 Å². The van der Waals surface area contributed by atoms with E-state index in [0.717, 1.165) is 44.0 Å². The van der Waals surface area contributed by atoms with Gasteiger partial charge in [0.15, 0.2) is 0 Å². The quantitative estimate of drug-likeness (QED) is 0.0400. The topological polar surface area (TPSA) is 148 Å². The maximum atomic E-state index is 12.5. The molecular weight excluding hydrogens is 1330 g/mol. The van der Waals surface area contributed by atoms with Gasteiger partial charge in [0.05, 0.1) is 32.6 Å². The van der Waals surface area contributed by atoms with Gasteiger partial charge in [-0.25, -0.2) is 9.97 Å². The normalized spacial score (nSPS) is 9.19. The molecule has 0 saturated heterocycles. The molecule has 32 heteroatoms. The molecule has 5 aromatic rings. The van der Waals surface area contributed by atoms with Crippen LogP contribution in [-0.4, -0.2) is 58.3 Å². The van der Waals surface area contributed by atoms with Crippen molar-refractivity contribution in [2.24, 2.45) is 10.8 Å². The second-order valence-corrected chi connectivity index (χ2v) is 15.5. The number of aromatic amines is 1. The summed E-state index contributed by atoms with van der Waals surface area (Å²) < 4.78 is 156. The largest absolute Gasteiger partial charge is 1.00 e. The summed E-state index contributed by atoms with van der Waals surface area (Å²) in [6, 6.07) is 16.4. The first-order valence-electron chi connectivity index (χ1n) is 20.3. The molecule has 1 N–H and O–H groups in total. The molecule has 4 aromatic heterocycles. The minimum Gasteiger partial charge on any atom is -1.00 e. The van der Waals surface area contributed by atoms with Gasteiger partial charge in [-0.3, -0.25) is 23.5 Å². The van der Waals surface area contributed by atoms with Crippen LogP contribution < -0.4 is 143 Å². The second-order valence-electron chi connectivity index (χ2n) is 15.1. The Morgan fingerprint density at radius 1 is 0.720 bits per heavy atom. The average Bonchev–Trinajstić information content (AvgIpc) is 3.98. The number of rotatable bonds is 13. The van der Waals surface area contributed by atoms with Crippen molar-refractivity contribution in [2.45, 2.75) is 100 Å². The van der Waals surface area contributed by atoms with E-state index < -0.39 is 18.0 Å². The third kappa shape index (κ3) is 39.2. The van der Waals surface area contributed by atoms with Gasteiger partial charge >= 0.3 is 150 Å². The van der Waals surface area contributed by atoms with Gasteiger partial charge in [0.25, 0.3) is 6.47 Å². The summed E-state index contributed by atoms with van der Waals surface area (Å²) in [7, 11) is -1.00. The fraction of sp³-hybridized carbons (Fsp3) is 0.465. The minimum atomic E-state index is -1.00. The number of aromatic nitrogens is 4. The number of nitrogens with zero attached hydrogens (tertiary/aromatic N) is 3. The standard InChI is InChI=1S/C24H29ClN2O2.C17H24N2O2.CH3F.CH2O3.2Cs.8F2.FH.H/c1-6-29-23(28)24(4,5)13-21-12-18-11-19(16(2)3)14-26-22(18)27(21)15-17-7-9-20(25)10-8-17;1-6-21-16(20)17(4,5)9-14-8-12-7-13(11(2)3)10-18-15(12)19-14;1-2;2-1-4-3;;;8*1-2;;/h7-12,14,16H,6,13,15H2,1-5H3;7-8,10-11H,6,9H2,1-5H3,(H,18,19);1H3;1,3H;;;;;;;;;;;1H;/q;;;;2*+1;;;;;;;;;;-1/p-1/i;;1D;;;;;;;;;;;;;. The number of esters is 2. The van der Waals surface area contributed by atoms with Crippen molar-refractivity contribution in [3.63, 3.8) is 0 Å². The maximum absolute atomic E-state index is 12.5. The molecule has 4 heterocycles. The molecule has 0 amide bonds. The molecule has 0 fully saturated rings. The van der Waals surface area contributed by atoms with E-state index in [1.807, 2.05) is 78.2 Å². The molecule has 0 radical (unpaired) electrons. The Morgan fingerprint density at radius 2 is 1.09 bits per heavy atom. The van der Waals surface area contributed by atoms with Crippen LogP contribution in [0.25, 0.3) is 22.1 Å². The Labute approximate surface area is 546 Å². The summed E-state index contributed by atoms with van der Waals surface area (Å²) in [5, 5.41) is 11.3. The van der Waals surface area contributed by atoms with E-state index >= 15 is 0 Å². The summed E-state index contributed by atoms with van der Waals surface area (Å²) in [5.74, 6) is 0.515. The van der Waals surface area contributed by atoms with E-state index in [0.29, 0.717) is 44.4 Å². The Bertz CT molecular complexity index is 2100. The first-order valence-corrected chi connectivity index (χ1v) is 20.0. The second kappa shape index (κ2) is 61.3. The number of fused-ring (bicyclic) bond motifs is 2. The number of H-pyrrole nitrogens is 1. The number of hydrogen-bond donors (Lipinski definition) is 1. The van der Waals surface area contributed by atoms with Crippen molar-refractivity contribution in [3.8, 4) is 0 Å². The molecule has 0 aliphatic carbocycles. The number of ether oxygens (including phenoxy) is 2. The van der Waals surface area contributed by atoms with E-state index in [9.17, 15) is 14.0 Å². The third-order valence-corrected chi connectivity index (χ3v) is 9.18. The van der Waals surface area contributed by atoms with Crippen molar-refractivity contribution in [1.82, 2.24) is 19.5 Å². The molecule has 0 unspecified atom stereocenters. The molecule has 1 aromatic carbocycles. The van der Waals surface area contributed by atoms with E-state index in [2.05, 4.69) is 71.4 Å². The molecule has 0 saturated carbocycles. The maximum Gasteiger partial charge on any atom is 1.00 e. The van der Waals surface area contributed by atoms with Crippen LogP contribution >= 0.6 is 11.6 Å². The van der Waals surface area contributed by atoms with Crippen molar-refractivity contribution < 1.29 is 257 Å². The predicted octanol–water partition coefficient (Wildman–Crippen LogP) is 9.83. The molecule has 428 valence electrons. The molecule has 0 aliphatic rings. The van der Waals surface area contributed by atoms with Gasteiger partial charge in [-0.1, -0.05) is 51.4 Å². The van der Waals surface area contributed by atoms with Gasteiger partial charge in [-0.05, 0) is 106 Å². The Balaban J connectivity index is -0.0000000890. The molecule has 0 spiro atoms. The first kappa shape index (κ1) is 92.5. The SMILES string of the molecule is CCOC(=O)C(C)(C)Cc1cc2cc(C(C)C)cnc2[nH]1.CCOC(=O)C(C)(C)Cc1cc2cc(C(C)C)cnc2n1Cc1ccc(Cl)cc1.F.FF.FF.FF.FF.FF.FF.FF.FF.O=CO[O-].[2H]CF.[Cs+].[Cs+].[H-]. The third-order valence-electron chi connectivity index (χ3n) is 8.93. The molecular formula is C43H59ClCs2F18N4O7. The fourth-order valence-electron chi connectivity index (χ4n) is 5.85. The van der Waals surface area contributed by atoms with E-state index in [-0.39, 0.29) is 162 Å². The molecule has 11 nitrogen and oxygen atoms in total. The summed E-state index contributed by atoms with van der Waals surface area (Å²) in [6.07, 6.45) is 5.04. The number of pyridine rings is 2. The molecule has 0 bridgehead atoms. The Kier molecular flexibility index (Phi) is 75.6. The zero-order valence-electron chi connectivity index (χ0n) is 44.7. The fourth-order valence-corrected chi connectivity index (χ4v) is 5.98. The van der Waals surface area contributed by atoms with Crippen LogP contribution in [0.3, 0.4) is 0 Å². The summed E-state index contributed by atoms with van der Waals surface area (Å²) >= 11 is 6.05. The van der Waals surface area contributed by atoms with Gasteiger partial charge in [-0.2, -0.15) is 0 Å². The number of benzene rings is 1. The van der Waals surface area contributed by atoms with E-state index in [1.54, 1.807) is 0 Å². The van der Waals surface area contributed by atoms with Crippen molar-refractivity contribution in [2.75, 3.05) is 20.4 Å². The van der Waals surface area contributed by atoms with Gasteiger partial charge in [0.1, 0.15) is 11.3 Å². The Morgan fingerprint density at radius 3 is 1.47 bits per heavy atom. The van der Waals surface area contributed by atoms with Crippen LogP contribution in [0.1, 0.15) is 112 Å². The van der Waals surface area contributed by atoms with Crippen molar-refractivity contribution in [1.29, 1.82) is 0 Å². The van der Waals surface area contributed by atoms with E-state index in [1.165, 1.54) is 11.1 Å². The first-order chi connectivity index (χ1) is 34.9. The number of carbonyl (C=O) groups is 3. The van der Waals surface area contributed by atoms with Crippen LogP contribution in [0.2, 0.25) is 5.02 Å². The number of alkyl halides is 1. The van der Waals surface area contributed by atoms with Crippen molar-refractivity contribution in [3.05, 3.63) is 94.0 Å². The van der Waals surface area contributed by atoms with E-state index in [4.69, 9.17) is 111 Å². The van der Waals surface area contributed by atoms with Crippen LogP contribution in [0.15, 0.2) is 60.9 Å². The van der Waals surface area contributed by atoms with Gasteiger partial charge < -0.3 is 30.6 Å². The Hall–Kier alpha value is -1.90. The van der Waals surface area contributed by atoms with Crippen LogP contribution in [0.5, 0.6) is 0 Å². The molecule has 5 rings (SSSR count). The molecule has 75 heavy (non-hydrogen) atoms. The zero-order valence-corrected chi connectivity index (χ0v) is 56.0. The summed E-state index contributed by atoms with van der Waals surface area (Å²) in [6.45, 7) is 21.3. The predicted molar refractivity (Wildman–Crippen MR) is 238 cm³/mol. The number of hydrogen-bond acceptors (Lipinski definition) is 9. The van der Waals surface area contributed by atoms with Crippen LogP contribution in [-0.2, 0) is 48.1 Å². The van der Waals surface area contributed by atoms with Crippen LogP contribution in [0, 0.1) is 10.8 Å². The molecule has 0 aliphatic heterocycles. The number of nitrogens with one attached hydrogen (secondary N) is 1. The smallest absolute Gasteiger partial charge is 1.00 e. The number of carbonyl (C=O) groups excluding carboxylic acids is 3. The van der Waals surface area contributed by atoms with Crippen molar-refractivity contribution >= 4 is 52.1 Å². The summed E-state index contributed by atoms with van der Waals surface area (Å²) in [4.78, 5) is 48.2. The van der Waals surface area contributed by atoms with Gasteiger partial charge in [-0.15, -0.1) is 0 Å². The average molecular weight is 1390 g/mol. The number of halogens is 19. The monoisotopic (exact) mass is 1390 g/mol. The summed E-state index contributed by atoms with van der Waals surface area (Å²) in [5.41, 5.74) is 6.28. The van der Waals surface area contributed by atoms with Gasteiger partial charge in [0.2, 0.25) is 0 Å².